The number of fused-ring (bicyclic) bond motifs is 4. The summed E-state index contributed by atoms with van der Waals surface area (Å²) in [5, 5.41) is -1.86. The van der Waals surface area contributed by atoms with Crippen LogP contribution in [0.1, 0.15) is 20.6 Å². The maximum Gasteiger partial charge on any atom is 0.145 e. The zero-order chi connectivity index (χ0) is 42.8. The summed E-state index contributed by atoms with van der Waals surface area (Å²) in [7, 11) is 0. The highest BCUT2D eigenvalue weighted by molar-refractivity contribution is 6.23. The Morgan fingerprint density at radius 1 is 0.489 bits per heavy atom. The average molecular weight is 588 g/mol. The minimum Gasteiger partial charge on any atom is -0.292 e. The van der Waals surface area contributed by atoms with Crippen LogP contribution in [-0.4, -0.2) is 9.55 Å². The van der Waals surface area contributed by atoms with Crippen LogP contribution in [-0.2, 0) is 0 Å². The van der Waals surface area contributed by atoms with Crippen LogP contribution in [0, 0.1) is 0 Å². The maximum atomic E-state index is 9.40. The Morgan fingerprint density at radius 3 is 1.84 bits per heavy atom. The second-order valence-electron chi connectivity index (χ2n) is 10.4. The summed E-state index contributed by atoms with van der Waals surface area (Å²) in [5.74, 6) is 0.510. The van der Waals surface area contributed by atoms with E-state index in [-0.39, 0.29) is 38.2 Å². The van der Waals surface area contributed by atoms with Crippen molar-refractivity contribution in [2.45, 2.75) is 0 Å². The van der Waals surface area contributed by atoms with Crippen LogP contribution < -0.4 is 0 Å². The Hall–Kier alpha value is -5.99. The SMILES string of the molecule is [2H]c1c([2H])c([2H])c2c(-c3c4c([2H])c([2H])c([2H])c([2H])c4c(-c4cccc(-c5nc6ccccc6n5-c5ccccc5)c4)c4c([2H])c([2H])c([2H])c([2H])c34)c([2H])c([2H])c([2H])c2c1[2H]. The normalized spacial score (nSPS) is 16.2. The van der Waals surface area contributed by atoms with Crippen LogP contribution in [0.4, 0.5) is 0 Å². The molecule has 45 heavy (non-hydrogen) atoms. The average Bonchev–Trinajstić information content (AvgIpc) is 3.66. The molecule has 2 heteroatoms. The molecule has 1 aromatic heterocycles. The van der Waals surface area contributed by atoms with E-state index in [0.29, 0.717) is 16.9 Å². The fraction of sp³-hybridized carbons (Fsp3) is 0. The van der Waals surface area contributed by atoms with E-state index in [1.54, 1.807) is 24.3 Å². The van der Waals surface area contributed by atoms with Crippen molar-refractivity contribution in [3.05, 3.63) is 169 Å². The second-order valence-corrected chi connectivity index (χ2v) is 10.4. The summed E-state index contributed by atoms with van der Waals surface area (Å²) in [6.45, 7) is 0. The van der Waals surface area contributed by atoms with Gasteiger partial charge in [0.15, 0.2) is 0 Å². The Balaban J connectivity index is 1.53. The molecular weight excluding hydrogens is 544 g/mol. The molecule has 0 N–H and O–H groups in total. The monoisotopic (exact) mass is 587 g/mol. The van der Waals surface area contributed by atoms with Crippen LogP contribution >= 0.6 is 0 Å². The van der Waals surface area contributed by atoms with E-state index in [4.69, 9.17) is 18.7 Å². The number of hydrogen-bond donors (Lipinski definition) is 0. The van der Waals surface area contributed by atoms with E-state index in [9.17, 15) is 6.85 Å². The van der Waals surface area contributed by atoms with Crippen molar-refractivity contribution in [2.24, 2.45) is 0 Å². The Bertz CT molecular complexity index is 3290. The van der Waals surface area contributed by atoms with E-state index < -0.39 is 107 Å². The molecule has 0 bridgehead atoms. The molecular formula is C43H28N2. The molecule has 0 aliphatic rings. The van der Waals surface area contributed by atoms with Gasteiger partial charge in [-0.2, -0.15) is 0 Å². The van der Waals surface area contributed by atoms with Crippen molar-refractivity contribution in [1.82, 2.24) is 9.55 Å². The van der Waals surface area contributed by atoms with Crippen molar-refractivity contribution in [2.75, 3.05) is 0 Å². The molecule has 0 radical (unpaired) electrons. The molecule has 2 nitrogen and oxygen atoms in total. The molecule has 0 fully saturated rings. The van der Waals surface area contributed by atoms with Gasteiger partial charge in [0.1, 0.15) is 5.82 Å². The fourth-order valence-electron chi connectivity index (χ4n) is 6.04. The molecule has 210 valence electrons. The third-order valence-corrected chi connectivity index (χ3v) is 7.92. The molecule has 9 rings (SSSR count). The molecule has 9 aromatic rings. The third-order valence-electron chi connectivity index (χ3n) is 7.92. The lowest BCUT2D eigenvalue weighted by molar-refractivity contribution is 1.10. The molecule has 0 aliphatic heterocycles. The van der Waals surface area contributed by atoms with E-state index >= 15 is 0 Å². The van der Waals surface area contributed by atoms with Crippen molar-refractivity contribution >= 4 is 43.4 Å². The molecule has 0 atom stereocenters. The first-order chi connectivity index (χ1) is 28.6. The number of benzene rings is 8. The molecule has 0 amide bonds. The van der Waals surface area contributed by atoms with E-state index in [0.717, 1.165) is 11.2 Å². The van der Waals surface area contributed by atoms with Crippen LogP contribution in [0.2, 0.25) is 0 Å². The highest BCUT2D eigenvalue weighted by Gasteiger charge is 2.19. The zero-order valence-electron chi connectivity index (χ0n) is 38.4. The predicted octanol–water partition coefficient (Wildman–Crippen LogP) is 11.5. The van der Waals surface area contributed by atoms with Gasteiger partial charge in [-0.3, -0.25) is 4.57 Å². The topological polar surface area (TPSA) is 17.8 Å². The first-order valence-corrected chi connectivity index (χ1v) is 14.2. The first kappa shape index (κ1) is 14.7. The van der Waals surface area contributed by atoms with Crippen LogP contribution in [0.5, 0.6) is 0 Å². The maximum absolute atomic E-state index is 9.40. The van der Waals surface area contributed by atoms with Crippen LogP contribution in [0.3, 0.4) is 0 Å². The van der Waals surface area contributed by atoms with Gasteiger partial charge in [0, 0.05) is 11.3 Å². The van der Waals surface area contributed by atoms with Crippen LogP contribution in [0.15, 0.2) is 169 Å². The van der Waals surface area contributed by atoms with E-state index in [1.165, 1.54) is 0 Å². The smallest absolute Gasteiger partial charge is 0.145 e. The zero-order valence-corrected chi connectivity index (χ0v) is 23.4. The molecule has 0 saturated heterocycles. The van der Waals surface area contributed by atoms with Gasteiger partial charge >= 0.3 is 0 Å². The molecule has 0 unspecified atom stereocenters. The minimum absolute atomic E-state index is 0.00733. The van der Waals surface area contributed by atoms with Gasteiger partial charge < -0.3 is 0 Å². The Kier molecular flexibility index (Phi) is 3.36. The number of imidazole rings is 1. The largest absolute Gasteiger partial charge is 0.292 e. The Labute approximate surface area is 282 Å². The van der Waals surface area contributed by atoms with E-state index in [2.05, 4.69) is 0 Å². The lowest BCUT2D eigenvalue weighted by Gasteiger charge is -2.19. The highest BCUT2D eigenvalue weighted by atomic mass is 15.1. The summed E-state index contributed by atoms with van der Waals surface area (Å²) in [5.41, 5.74) is 2.34. The van der Waals surface area contributed by atoms with Gasteiger partial charge in [-0.15, -0.1) is 0 Å². The quantitative estimate of drug-likeness (QED) is 0.187. The minimum atomic E-state index is -0.761. The molecule has 8 aromatic carbocycles. The fourth-order valence-corrected chi connectivity index (χ4v) is 6.04. The van der Waals surface area contributed by atoms with Crippen molar-refractivity contribution in [1.29, 1.82) is 0 Å². The predicted molar refractivity (Wildman–Crippen MR) is 190 cm³/mol. The van der Waals surface area contributed by atoms with Gasteiger partial charge in [0.05, 0.1) is 31.6 Å². The summed E-state index contributed by atoms with van der Waals surface area (Å²) >= 11 is 0. The number of rotatable bonds is 4. The number of hydrogen-bond acceptors (Lipinski definition) is 1. The lowest BCUT2D eigenvalue weighted by atomic mass is 9.84. The van der Waals surface area contributed by atoms with Crippen molar-refractivity contribution in [3.63, 3.8) is 0 Å². The Morgan fingerprint density at radius 2 is 1.09 bits per heavy atom. The van der Waals surface area contributed by atoms with E-state index in [1.807, 2.05) is 59.2 Å². The second kappa shape index (κ2) is 10.3. The van der Waals surface area contributed by atoms with Gasteiger partial charge in [0.2, 0.25) is 0 Å². The van der Waals surface area contributed by atoms with Gasteiger partial charge in [-0.25, -0.2) is 4.98 Å². The van der Waals surface area contributed by atoms with Crippen molar-refractivity contribution in [3.8, 4) is 39.3 Å². The molecule has 0 aliphatic carbocycles. The number of aromatic nitrogens is 2. The van der Waals surface area contributed by atoms with Gasteiger partial charge in [-0.1, -0.05) is 139 Å². The third kappa shape index (κ3) is 4.07. The summed E-state index contributed by atoms with van der Waals surface area (Å²) < 4.78 is 136. The number of para-hydroxylation sites is 3. The van der Waals surface area contributed by atoms with Gasteiger partial charge in [0.25, 0.3) is 0 Å². The summed E-state index contributed by atoms with van der Waals surface area (Å²) in [6, 6.07) is 13.7. The lowest BCUT2D eigenvalue weighted by Crippen LogP contribution is -1.97. The first-order valence-electron chi connectivity index (χ1n) is 21.7. The summed E-state index contributed by atoms with van der Waals surface area (Å²) in [6.07, 6.45) is 0. The molecule has 0 spiro atoms. The van der Waals surface area contributed by atoms with Crippen molar-refractivity contribution < 1.29 is 20.6 Å². The molecule has 0 saturated carbocycles. The van der Waals surface area contributed by atoms with Gasteiger partial charge in [-0.05, 0) is 84.9 Å². The summed E-state index contributed by atoms with van der Waals surface area (Å²) in [4.78, 5) is 4.97. The standard InChI is InChI=1S/C43H28N2/c1-2-18-32(19-3-1)45-40-27-11-10-26-39(40)44-43(45)31-17-12-16-30(28-31)41-35-21-6-8-23-37(35)42(38-24-9-7-22-36(38)41)34-25-13-15-29-14-4-5-20-33(29)34/h1-28H/i4D,5D,6D,7D,8D,9D,13D,14D,15D,20D,21D,22D,23D,24D,25D. The van der Waals surface area contributed by atoms with Crippen LogP contribution in [0.25, 0.3) is 82.7 Å². The molecule has 1 heterocycles. The highest BCUT2D eigenvalue weighted by Crippen LogP contribution is 2.45. The number of nitrogens with zero attached hydrogens (tertiary/aromatic N) is 2.